The highest BCUT2D eigenvalue weighted by Crippen LogP contribution is 2.37. The van der Waals surface area contributed by atoms with E-state index in [4.69, 9.17) is 25.8 Å². The summed E-state index contributed by atoms with van der Waals surface area (Å²) in [5.74, 6) is 1.68. The van der Waals surface area contributed by atoms with E-state index in [1.54, 1.807) is 26.4 Å². The average molecular weight is 281 g/mol. The summed E-state index contributed by atoms with van der Waals surface area (Å²) < 4.78 is 15.7. The summed E-state index contributed by atoms with van der Waals surface area (Å²) in [5.41, 5.74) is 1.40. The first-order valence-electron chi connectivity index (χ1n) is 5.48. The highest BCUT2D eigenvalue weighted by molar-refractivity contribution is 6.31. The van der Waals surface area contributed by atoms with Gasteiger partial charge in [-0.25, -0.2) is 9.97 Å². The van der Waals surface area contributed by atoms with Crippen molar-refractivity contribution in [3.05, 3.63) is 29.7 Å². The van der Waals surface area contributed by atoms with Gasteiger partial charge in [-0.05, 0) is 18.2 Å². The van der Waals surface area contributed by atoms with E-state index in [2.05, 4.69) is 9.97 Å². The molecule has 0 fully saturated rings. The van der Waals surface area contributed by atoms with Gasteiger partial charge in [0.2, 0.25) is 0 Å². The van der Waals surface area contributed by atoms with E-state index in [0.717, 1.165) is 5.56 Å². The van der Waals surface area contributed by atoms with Crippen LogP contribution in [-0.2, 0) is 0 Å². The predicted molar refractivity (Wildman–Crippen MR) is 72.1 cm³/mol. The van der Waals surface area contributed by atoms with Crippen molar-refractivity contribution in [1.82, 2.24) is 9.97 Å². The second-order valence-corrected chi connectivity index (χ2v) is 3.97. The average Bonchev–Trinajstić information content (AvgIpc) is 2.46. The van der Waals surface area contributed by atoms with Crippen molar-refractivity contribution in [2.75, 3.05) is 21.3 Å². The van der Waals surface area contributed by atoms with Crippen molar-refractivity contribution in [3.63, 3.8) is 0 Å². The summed E-state index contributed by atoms with van der Waals surface area (Å²) in [4.78, 5) is 8.08. The lowest BCUT2D eigenvalue weighted by Crippen LogP contribution is -1.96. The van der Waals surface area contributed by atoms with Crippen molar-refractivity contribution in [2.24, 2.45) is 0 Å². The van der Waals surface area contributed by atoms with Crippen LogP contribution in [0.3, 0.4) is 0 Å². The van der Waals surface area contributed by atoms with Crippen LogP contribution in [0.15, 0.2) is 24.5 Å². The summed E-state index contributed by atoms with van der Waals surface area (Å²) in [5, 5.41) is 0.266. The topological polar surface area (TPSA) is 53.5 Å². The normalized spacial score (nSPS) is 10.1. The van der Waals surface area contributed by atoms with Gasteiger partial charge >= 0.3 is 0 Å². The first kappa shape index (κ1) is 13.4. The second-order valence-electron chi connectivity index (χ2n) is 3.62. The van der Waals surface area contributed by atoms with Crippen LogP contribution < -0.4 is 14.2 Å². The molecule has 0 aliphatic rings. The maximum Gasteiger partial charge on any atom is 0.182 e. The van der Waals surface area contributed by atoms with Crippen LogP contribution in [-0.4, -0.2) is 31.3 Å². The third-order valence-corrected chi connectivity index (χ3v) is 2.89. The Kier molecular flexibility index (Phi) is 4.06. The fourth-order valence-electron chi connectivity index (χ4n) is 1.72. The molecular weight excluding hydrogens is 268 g/mol. The molecule has 0 amide bonds. The molecule has 2 aromatic rings. The molecule has 0 N–H and O–H groups in total. The first-order chi connectivity index (χ1) is 9.21. The van der Waals surface area contributed by atoms with Crippen LogP contribution in [0, 0.1) is 0 Å². The molecule has 0 aliphatic carbocycles. The van der Waals surface area contributed by atoms with E-state index in [9.17, 15) is 0 Å². The maximum absolute atomic E-state index is 5.98. The highest BCUT2D eigenvalue weighted by Gasteiger charge is 2.14. The Morgan fingerprint density at radius 2 is 1.68 bits per heavy atom. The second kappa shape index (κ2) is 5.75. The van der Waals surface area contributed by atoms with E-state index in [1.165, 1.54) is 13.4 Å². The Hall–Kier alpha value is -2.01. The lowest BCUT2D eigenvalue weighted by atomic mass is 10.1. The Morgan fingerprint density at radius 1 is 0.947 bits per heavy atom. The minimum absolute atomic E-state index is 0.266. The van der Waals surface area contributed by atoms with Crippen molar-refractivity contribution in [2.45, 2.75) is 0 Å². The van der Waals surface area contributed by atoms with Gasteiger partial charge in [0, 0.05) is 5.56 Å². The van der Waals surface area contributed by atoms with Crippen LogP contribution in [0.5, 0.6) is 17.2 Å². The molecule has 19 heavy (non-hydrogen) atoms. The van der Waals surface area contributed by atoms with Crippen LogP contribution in [0.25, 0.3) is 11.3 Å². The van der Waals surface area contributed by atoms with E-state index >= 15 is 0 Å². The third-order valence-electron chi connectivity index (χ3n) is 2.62. The molecule has 0 unspecified atom stereocenters. The number of ether oxygens (including phenoxy) is 3. The van der Waals surface area contributed by atoms with Gasteiger partial charge in [0.25, 0.3) is 0 Å². The van der Waals surface area contributed by atoms with Gasteiger partial charge in [0.1, 0.15) is 12.0 Å². The lowest BCUT2D eigenvalue weighted by molar-refractivity contribution is 0.355. The maximum atomic E-state index is 5.98. The molecule has 0 bridgehead atoms. The molecule has 6 heteroatoms. The van der Waals surface area contributed by atoms with Crippen LogP contribution in [0.2, 0.25) is 5.15 Å². The zero-order valence-corrected chi connectivity index (χ0v) is 11.6. The van der Waals surface area contributed by atoms with E-state index in [0.29, 0.717) is 22.9 Å². The number of rotatable bonds is 4. The van der Waals surface area contributed by atoms with Crippen LogP contribution >= 0.6 is 11.6 Å². The molecular formula is C13H13ClN2O3. The summed E-state index contributed by atoms with van der Waals surface area (Å²) >= 11 is 5.98. The minimum Gasteiger partial charge on any atom is -0.493 e. The molecule has 100 valence electrons. The molecule has 1 heterocycles. The molecule has 5 nitrogen and oxygen atoms in total. The molecule has 2 rings (SSSR count). The summed E-state index contributed by atoms with van der Waals surface area (Å²) in [6, 6.07) is 5.45. The number of benzene rings is 1. The van der Waals surface area contributed by atoms with Crippen molar-refractivity contribution < 1.29 is 14.2 Å². The Morgan fingerprint density at radius 3 is 2.32 bits per heavy atom. The number of hydrogen-bond donors (Lipinski definition) is 0. The van der Waals surface area contributed by atoms with E-state index in [-0.39, 0.29) is 5.15 Å². The van der Waals surface area contributed by atoms with E-state index < -0.39 is 0 Å². The molecule has 0 saturated heterocycles. The Bertz CT molecular complexity index is 590. The van der Waals surface area contributed by atoms with Gasteiger partial charge in [-0.1, -0.05) is 11.6 Å². The third kappa shape index (κ3) is 2.56. The molecule has 0 aliphatic heterocycles. The smallest absolute Gasteiger partial charge is 0.182 e. The largest absolute Gasteiger partial charge is 0.493 e. The zero-order valence-electron chi connectivity index (χ0n) is 10.8. The SMILES string of the molecule is COc1ccc(-c2ncnc(Cl)c2OC)cc1OC. The predicted octanol–water partition coefficient (Wildman–Crippen LogP) is 2.82. The van der Waals surface area contributed by atoms with Gasteiger partial charge in [-0.2, -0.15) is 0 Å². The summed E-state index contributed by atoms with van der Waals surface area (Å²) in [6.45, 7) is 0. The lowest BCUT2D eigenvalue weighted by Gasteiger charge is -2.11. The summed E-state index contributed by atoms with van der Waals surface area (Å²) in [7, 11) is 4.68. The zero-order chi connectivity index (χ0) is 13.8. The van der Waals surface area contributed by atoms with Crippen molar-refractivity contribution in [1.29, 1.82) is 0 Å². The van der Waals surface area contributed by atoms with Gasteiger partial charge < -0.3 is 14.2 Å². The van der Waals surface area contributed by atoms with Gasteiger partial charge in [0.15, 0.2) is 22.4 Å². The summed E-state index contributed by atoms with van der Waals surface area (Å²) in [6.07, 6.45) is 1.39. The van der Waals surface area contributed by atoms with Gasteiger partial charge in [0.05, 0.1) is 21.3 Å². The quantitative estimate of drug-likeness (QED) is 0.806. The fraction of sp³-hybridized carbons (Fsp3) is 0.231. The monoisotopic (exact) mass is 280 g/mol. The van der Waals surface area contributed by atoms with Gasteiger partial charge in [-0.3, -0.25) is 0 Å². The van der Waals surface area contributed by atoms with Crippen LogP contribution in [0.1, 0.15) is 0 Å². The Labute approximate surface area is 116 Å². The van der Waals surface area contributed by atoms with Crippen LogP contribution in [0.4, 0.5) is 0 Å². The number of aromatic nitrogens is 2. The number of methoxy groups -OCH3 is 3. The number of hydrogen-bond acceptors (Lipinski definition) is 5. The number of halogens is 1. The highest BCUT2D eigenvalue weighted by atomic mass is 35.5. The van der Waals surface area contributed by atoms with Gasteiger partial charge in [-0.15, -0.1) is 0 Å². The first-order valence-corrected chi connectivity index (χ1v) is 5.86. The molecule has 0 atom stereocenters. The van der Waals surface area contributed by atoms with Crippen molar-refractivity contribution >= 4 is 11.6 Å². The molecule has 1 aromatic carbocycles. The molecule has 0 radical (unpaired) electrons. The number of nitrogens with zero attached hydrogens (tertiary/aromatic N) is 2. The van der Waals surface area contributed by atoms with E-state index in [1.807, 2.05) is 6.07 Å². The van der Waals surface area contributed by atoms with Crippen molar-refractivity contribution in [3.8, 4) is 28.5 Å². The fourth-order valence-corrected chi connectivity index (χ4v) is 1.93. The standard InChI is InChI=1S/C13H13ClN2O3/c1-17-9-5-4-8(6-10(9)18-2)11-12(19-3)13(14)16-7-15-11/h4-7H,1-3H3. The molecule has 0 saturated carbocycles. The molecule has 0 spiro atoms. The Balaban J connectivity index is 2.56. The molecule has 1 aromatic heterocycles. The minimum atomic E-state index is 0.266.